The molecule has 4 rings (SSSR count). The fourth-order valence-electron chi connectivity index (χ4n) is 3.44. The molecule has 0 aliphatic carbocycles. The highest BCUT2D eigenvalue weighted by molar-refractivity contribution is 5.57. The Hall–Kier alpha value is -1.74. The van der Waals surface area contributed by atoms with Gasteiger partial charge in [0.2, 0.25) is 0 Å². The largest absolute Gasteiger partial charge is 0.360 e. The summed E-state index contributed by atoms with van der Waals surface area (Å²) in [5.41, 5.74) is 4.30. The topological polar surface area (TPSA) is 11.4 Å². The van der Waals surface area contributed by atoms with Crippen molar-refractivity contribution in [1.82, 2.24) is 9.47 Å². The monoisotopic (exact) mass is 253 g/mol. The van der Waals surface area contributed by atoms with Crippen molar-refractivity contribution in [3.63, 3.8) is 0 Å². The second-order valence-corrected chi connectivity index (χ2v) is 5.66. The standard InChI is InChI=1S/C16H19N3/c1-17-9-10-19-14-6-3-2-5-13(14)11-18-8-4-7-15(18)16(19)12-17/h2-8,16H,9-12H2,1H3/t16-/m1/s1. The SMILES string of the molecule is CN1CCN2c3ccccc3Cn3cccc3[C@H]2C1. The van der Waals surface area contributed by atoms with Crippen molar-refractivity contribution in [2.45, 2.75) is 12.6 Å². The van der Waals surface area contributed by atoms with Crippen LogP contribution in [-0.2, 0) is 6.54 Å². The summed E-state index contributed by atoms with van der Waals surface area (Å²) in [5.74, 6) is 0. The third-order valence-corrected chi connectivity index (χ3v) is 4.43. The fraction of sp³-hybridized carbons (Fsp3) is 0.375. The minimum atomic E-state index is 0.484. The molecule has 0 saturated carbocycles. The summed E-state index contributed by atoms with van der Waals surface area (Å²) in [6, 6.07) is 13.8. The zero-order valence-electron chi connectivity index (χ0n) is 11.3. The van der Waals surface area contributed by atoms with Gasteiger partial charge in [0.25, 0.3) is 0 Å². The summed E-state index contributed by atoms with van der Waals surface area (Å²) in [6.07, 6.45) is 2.21. The van der Waals surface area contributed by atoms with Crippen LogP contribution in [0.2, 0.25) is 0 Å². The highest BCUT2D eigenvalue weighted by Gasteiger charge is 2.31. The van der Waals surface area contributed by atoms with E-state index >= 15 is 0 Å². The molecule has 1 atom stereocenters. The van der Waals surface area contributed by atoms with E-state index in [9.17, 15) is 0 Å². The van der Waals surface area contributed by atoms with Crippen LogP contribution in [0.15, 0.2) is 42.6 Å². The van der Waals surface area contributed by atoms with Crippen LogP contribution < -0.4 is 4.90 Å². The molecule has 0 radical (unpaired) electrons. The molecule has 0 unspecified atom stereocenters. The van der Waals surface area contributed by atoms with E-state index in [0.29, 0.717) is 6.04 Å². The van der Waals surface area contributed by atoms with Crippen LogP contribution in [0.3, 0.4) is 0 Å². The molecule has 0 N–H and O–H groups in total. The molecule has 2 aliphatic heterocycles. The number of fused-ring (bicyclic) bond motifs is 5. The Morgan fingerprint density at radius 2 is 1.95 bits per heavy atom. The number of para-hydroxylation sites is 1. The van der Waals surface area contributed by atoms with Crippen LogP contribution in [0, 0.1) is 0 Å². The first kappa shape index (κ1) is 11.1. The Kier molecular flexibility index (Phi) is 2.42. The summed E-state index contributed by atoms with van der Waals surface area (Å²) in [5, 5.41) is 0. The molecule has 1 saturated heterocycles. The van der Waals surface area contributed by atoms with E-state index in [1.165, 1.54) is 16.9 Å². The first-order chi connectivity index (χ1) is 9.33. The quantitative estimate of drug-likeness (QED) is 0.714. The minimum absolute atomic E-state index is 0.484. The van der Waals surface area contributed by atoms with E-state index in [0.717, 1.165) is 26.2 Å². The summed E-state index contributed by atoms with van der Waals surface area (Å²) < 4.78 is 2.41. The number of anilines is 1. The molecule has 0 bridgehead atoms. The van der Waals surface area contributed by atoms with E-state index in [-0.39, 0.29) is 0 Å². The van der Waals surface area contributed by atoms with Gasteiger partial charge in [-0.3, -0.25) is 0 Å². The summed E-state index contributed by atoms with van der Waals surface area (Å²) in [7, 11) is 2.22. The number of piperazine rings is 1. The van der Waals surface area contributed by atoms with Gasteiger partial charge in [-0.05, 0) is 30.8 Å². The molecule has 3 heteroatoms. The summed E-state index contributed by atoms with van der Waals surface area (Å²) >= 11 is 0. The normalized spacial score (nSPS) is 22.4. The van der Waals surface area contributed by atoms with Crippen molar-refractivity contribution in [2.75, 3.05) is 31.6 Å². The van der Waals surface area contributed by atoms with Gasteiger partial charge in [-0.1, -0.05) is 18.2 Å². The minimum Gasteiger partial charge on any atom is -0.360 e. The number of hydrogen-bond acceptors (Lipinski definition) is 2. The third-order valence-electron chi connectivity index (χ3n) is 4.43. The Balaban J connectivity index is 1.89. The molecule has 0 spiro atoms. The average molecular weight is 253 g/mol. The van der Waals surface area contributed by atoms with Crippen LogP contribution in [0.25, 0.3) is 0 Å². The molecule has 1 aromatic heterocycles. The molecule has 98 valence electrons. The lowest BCUT2D eigenvalue weighted by Crippen LogP contribution is -2.47. The van der Waals surface area contributed by atoms with Gasteiger partial charge < -0.3 is 14.4 Å². The Morgan fingerprint density at radius 1 is 1.05 bits per heavy atom. The lowest BCUT2D eigenvalue weighted by Gasteiger charge is -2.41. The van der Waals surface area contributed by atoms with Gasteiger partial charge in [0, 0.05) is 43.8 Å². The summed E-state index contributed by atoms with van der Waals surface area (Å²) in [6.45, 7) is 4.36. The molecule has 2 aromatic rings. The average Bonchev–Trinajstić information content (AvgIpc) is 2.83. The number of likely N-dealkylation sites (N-methyl/N-ethyl adjacent to an activating group) is 1. The molecule has 0 amide bonds. The number of rotatable bonds is 0. The first-order valence-electron chi connectivity index (χ1n) is 7.01. The first-order valence-corrected chi connectivity index (χ1v) is 7.01. The number of nitrogens with zero attached hydrogens (tertiary/aromatic N) is 3. The van der Waals surface area contributed by atoms with E-state index in [4.69, 9.17) is 0 Å². The predicted octanol–water partition coefficient (Wildman–Crippen LogP) is 2.34. The second kappa shape index (κ2) is 4.14. The van der Waals surface area contributed by atoms with Crippen molar-refractivity contribution < 1.29 is 0 Å². The Morgan fingerprint density at radius 3 is 2.89 bits per heavy atom. The predicted molar refractivity (Wildman–Crippen MR) is 77.6 cm³/mol. The molecule has 3 nitrogen and oxygen atoms in total. The number of aromatic nitrogens is 1. The van der Waals surface area contributed by atoms with E-state index in [2.05, 4.69) is 64.0 Å². The molecule has 19 heavy (non-hydrogen) atoms. The lowest BCUT2D eigenvalue weighted by atomic mass is 10.1. The molecule has 1 fully saturated rings. The molecule has 1 aromatic carbocycles. The highest BCUT2D eigenvalue weighted by atomic mass is 15.3. The third kappa shape index (κ3) is 1.69. The van der Waals surface area contributed by atoms with Crippen molar-refractivity contribution in [2.24, 2.45) is 0 Å². The van der Waals surface area contributed by atoms with Gasteiger partial charge in [-0.2, -0.15) is 0 Å². The van der Waals surface area contributed by atoms with E-state index in [1.807, 2.05) is 0 Å². The maximum absolute atomic E-state index is 2.59. The Labute approximate surface area is 114 Å². The van der Waals surface area contributed by atoms with Gasteiger partial charge in [-0.25, -0.2) is 0 Å². The van der Waals surface area contributed by atoms with E-state index < -0.39 is 0 Å². The summed E-state index contributed by atoms with van der Waals surface area (Å²) in [4.78, 5) is 5.03. The molecule has 3 heterocycles. The van der Waals surface area contributed by atoms with Crippen LogP contribution in [0.4, 0.5) is 5.69 Å². The number of hydrogen-bond donors (Lipinski definition) is 0. The van der Waals surface area contributed by atoms with Crippen LogP contribution >= 0.6 is 0 Å². The smallest absolute Gasteiger partial charge is 0.0820 e. The van der Waals surface area contributed by atoms with Gasteiger partial charge >= 0.3 is 0 Å². The molecular weight excluding hydrogens is 234 g/mol. The van der Waals surface area contributed by atoms with Crippen molar-refractivity contribution in [3.05, 3.63) is 53.9 Å². The molecule has 2 aliphatic rings. The Bertz CT molecular complexity index is 602. The number of benzene rings is 1. The zero-order valence-corrected chi connectivity index (χ0v) is 11.3. The lowest BCUT2D eigenvalue weighted by molar-refractivity contribution is 0.266. The fourth-order valence-corrected chi connectivity index (χ4v) is 3.44. The van der Waals surface area contributed by atoms with Gasteiger partial charge in [0.1, 0.15) is 0 Å². The van der Waals surface area contributed by atoms with Crippen LogP contribution in [0.5, 0.6) is 0 Å². The van der Waals surface area contributed by atoms with Crippen LogP contribution in [-0.4, -0.2) is 36.1 Å². The van der Waals surface area contributed by atoms with Crippen LogP contribution in [0.1, 0.15) is 17.3 Å². The maximum Gasteiger partial charge on any atom is 0.0820 e. The molecular formula is C16H19N3. The van der Waals surface area contributed by atoms with Gasteiger partial charge in [0.15, 0.2) is 0 Å². The maximum atomic E-state index is 2.59. The zero-order chi connectivity index (χ0) is 12.8. The second-order valence-electron chi connectivity index (χ2n) is 5.66. The van der Waals surface area contributed by atoms with Crippen molar-refractivity contribution in [3.8, 4) is 0 Å². The van der Waals surface area contributed by atoms with Gasteiger partial charge in [0.05, 0.1) is 6.04 Å². The highest BCUT2D eigenvalue weighted by Crippen LogP contribution is 2.36. The van der Waals surface area contributed by atoms with E-state index in [1.54, 1.807) is 0 Å². The van der Waals surface area contributed by atoms with Crippen molar-refractivity contribution in [1.29, 1.82) is 0 Å². The van der Waals surface area contributed by atoms with Crippen molar-refractivity contribution >= 4 is 5.69 Å². The van der Waals surface area contributed by atoms with Gasteiger partial charge in [-0.15, -0.1) is 0 Å².